The molecule has 0 unspecified atom stereocenters. The molecule has 0 fully saturated rings. The van der Waals surface area contributed by atoms with Gasteiger partial charge in [-0.1, -0.05) is 158 Å². The second-order valence-electron chi connectivity index (χ2n) is 16.9. The van der Waals surface area contributed by atoms with E-state index in [1.807, 2.05) is 11.3 Å². The van der Waals surface area contributed by atoms with Gasteiger partial charge in [0.25, 0.3) is 0 Å². The Balaban J connectivity index is 0.000000316. The molecular weight excluding hydrogens is 797 g/mol. The van der Waals surface area contributed by atoms with Crippen LogP contribution in [0, 0.1) is 0 Å². The summed E-state index contributed by atoms with van der Waals surface area (Å²) in [5, 5.41) is 2.60. The van der Waals surface area contributed by atoms with Crippen LogP contribution in [0.15, 0.2) is 200 Å². The molecule has 17 radical (unpaired) electrons. The lowest BCUT2D eigenvalue weighted by molar-refractivity contribution is 0.768. The van der Waals surface area contributed by atoms with Gasteiger partial charge in [0.1, 0.15) is 0 Å². The van der Waals surface area contributed by atoms with Gasteiger partial charge in [-0.05, 0) is 87.0 Å². The van der Waals surface area contributed by atoms with Crippen LogP contribution in [0.1, 0.15) is 22.3 Å². The highest BCUT2D eigenvalue weighted by atomic mass is 32.1. The van der Waals surface area contributed by atoms with Gasteiger partial charge >= 0.3 is 0 Å². The van der Waals surface area contributed by atoms with Gasteiger partial charge in [-0.15, -0.1) is 11.3 Å². The fourth-order valence-corrected chi connectivity index (χ4v) is 11.2. The lowest BCUT2D eigenvalue weighted by Crippen LogP contribution is -2.73. The molecule has 1 nitrogen and oxygen atoms in total. The highest BCUT2D eigenvalue weighted by Gasteiger charge is 2.46. The summed E-state index contributed by atoms with van der Waals surface area (Å²) in [6.45, 7) is 0. The van der Waals surface area contributed by atoms with E-state index in [0.717, 1.165) is 17.1 Å². The number of para-hydroxylation sites is 1. The van der Waals surface area contributed by atoms with Crippen LogP contribution < -0.4 is 4.90 Å². The number of benzene rings is 8. The normalized spacial score (nSPS) is 11.9. The first-order chi connectivity index (χ1) is 32.1. The van der Waals surface area contributed by atoms with E-state index in [-0.39, 0.29) is 0 Å². The van der Waals surface area contributed by atoms with E-state index in [4.69, 9.17) is 61.9 Å². The molecule has 0 aliphatic heterocycles. The molecular formula is C49H33B15NS. The highest BCUT2D eigenvalue weighted by molar-refractivity contribution is 8.12. The number of hydrogen-bond donors (Lipinski definition) is 0. The zero-order valence-electron chi connectivity index (χ0n) is 36.6. The lowest BCUT2D eigenvalue weighted by Gasteiger charge is -2.35. The first kappa shape index (κ1) is 45.9. The minimum Gasteiger partial charge on any atom is -0.310 e. The molecule has 0 bridgehead atoms. The fourth-order valence-electron chi connectivity index (χ4n) is 9.98. The summed E-state index contributed by atoms with van der Waals surface area (Å²) in [7, 11) is 45.8. The number of thiophene rings is 1. The van der Waals surface area contributed by atoms with E-state index in [1.54, 1.807) is 0 Å². The second kappa shape index (κ2) is 19.9. The molecule has 0 spiro atoms. The van der Waals surface area contributed by atoms with Gasteiger partial charge in [-0.25, -0.2) is 0 Å². The molecule has 17 heteroatoms. The Bertz CT molecular complexity index is 3010. The zero-order chi connectivity index (χ0) is 46.0. The van der Waals surface area contributed by atoms with Crippen molar-refractivity contribution in [2.75, 3.05) is 4.90 Å². The third-order valence-corrected chi connectivity index (χ3v) is 14.1. The molecule has 285 valence electrons. The number of anilines is 3. The summed E-state index contributed by atoms with van der Waals surface area (Å²) in [4.78, 5) is 2.38. The number of hydrogen-bond acceptors (Lipinski definition) is 2. The van der Waals surface area contributed by atoms with Crippen molar-refractivity contribution in [2.45, 2.75) is 5.41 Å². The monoisotopic (exact) mass is 832 g/mol. The van der Waals surface area contributed by atoms with Crippen LogP contribution in [0.4, 0.5) is 17.1 Å². The van der Waals surface area contributed by atoms with Gasteiger partial charge < -0.3 is 4.90 Å². The molecule has 1 aliphatic carbocycles. The number of nitrogens with zero attached hydrogens (tertiary/aromatic N) is 1. The van der Waals surface area contributed by atoms with Crippen LogP contribution in [-0.2, 0) is 5.41 Å². The molecule has 0 saturated heterocycles. The summed E-state index contributed by atoms with van der Waals surface area (Å²) in [6, 6.07) is 73.3. The van der Waals surface area contributed by atoms with Crippen molar-refractivity contribution in [1.82, 2.24) is 0 Å². The van der Waals surface area contributed by atoms with Gasteiger partial charge in [0, 0.05) is 145 Å². The van der Waals surface area contributed by atoms with E-state index in [9.17, 15) is 0 Å². The molecule has 1 aromatic heterocycles. The topological polar surface area (TPSA) is 3.24 Å². The molecule has 0 amide bonds. The maximum absolute atomic E-state index is 5.73. The molecule has 0 atom stereocenters. The number of fused-ring (bicyclic) bond motifs is 6. The van der Waals surface area contributed by atoms with Crippen molar-refractivity contribution in [1.29, 1.82) is 0 Å². The quantitative estimate of drug-likeness (QED) is 0.114. The van der Waals surface area contributed by atoms with E-state index in [2.05, 4.69) is 205 Å². The average Bonchev–Trinajstić information content (AvgIpc) is 3.87. The van der Waals surface area contributed by atoms with E-state index >= 15 is 0 Å². The Kier molecular flexibility index (Phi) is 13.9. The lowest BCUT2D eigenvalue weighted by atomic mass is 8.46. The summed E-state index contributed by atoms with van der Waals surface area (Å²) in [6.07, 6.45) is -3.77. The predicted molar refractivity (Wildman–Crippen MR) is 303 cm³/mol. The molecule has 0 N–H and O–H groups in total. The van der Waals surface area contributed by atoms with E-state index in [1.165, 1.54) is 71.7 Å². The van der Waals surface area contributed by atoms with Crippen molar-refractivity contribution < 1.29 is 0 Å². The van der Waals surface area contributed by atoms with Gasteiger partial charge in [0.2, 0.25) is 0 Å². The third-order valence-electron chi connectivity index (χ3n) is 13.0. The van der Waals surface area contributed by atoms with Crippen LogP contribution in [0.5, 0.6) is 0 Å². The van der Waals surface area contributed by atoms with Gasteiger partial charge in [-0.2, -0.15) is 0 Å². The van der Waals surface area contributed by atoms with Crippen molar-refractivity contribution in [2.24, 2.45) is 0 Å². The van der Waals surface area contributed by atoms with Gasteiger partial charge in [0.15, 0.2) is 0 Å². The van der Waals surface area contributed by atoms with Crippen molar-refractivity contribution >= 4 is 156 Å². The van der Waals surface area contributed by atoms with Crippen molar-refractivity contribution in [3.63, 3.8) is 0 Å². The minimum atomic E-state index is -0.754. The molecule has 8 aromatic carbocycles. The second-order valence-corrected chi connectivity index (χ2v) is 18.0. The van der Waals surface area contributed by atoms with E-state index < -0.39 is 43.7 Å². The van der Waals surface area contributed by atoms with Crippen molar-refractivity contribution in [3.8, 4) is 22.3 Å². The molecule has 10 rings (SSSR count). The Labute approximate surface area is 408 Å². The molecule has 9 aromatic rings. The maximum atomic E-state index is 5.73. The zero-order valence-corrected chi connectivity index (χ0v) is 37.4. The largest absolute Gasteiger partial charge is 0.310 e. The Morgan fingerprint density at radius 2 is 0.864 bits per heavy atom. The first-order valence-corrected chi connectivity index (χ1v) is 23.0. The van der Waals surface area contributed by atoms with Crippen LogP contribution >= 0.6 is 11.3 Å². The van der Waals surface area contributed by atoms with Crippen LogP contribution in [0.3, 0.4) is 0 Å². The average molecular weight is 830 g/mol. The molecule has 1 aliphatic rings. The summed E-state index contributed by atoms with van der Waals surface area (Å²) in [5.41, 5.74) is 13.3. The molecule has 1 heterocycles. The van der Waals surface area contributed by atoms with Gasteiger partial charge in [0.05, 0.1) is 5.41 Å². The van der Waals surface area contributed by atoms with Gasteiger partial charge in [-0.3, -0.25) is 0 Å². The smallest absolute Gasteiger partial charge is 0.0713 e. The van der Waals surface area contributed by atoms with Crippen LogP contribution in [0.2, 0.25) is 0 Å². The van der Waals surface area contributed by atoms with Crippen LogP contribution in [-0.4, -0.2) is 107 Å². The Morgan fingerprint density at radius 1 is 0.409 bits per heavy atom. The standard InChI is InChI=1S/C49H33NS.B15/c1-4-14-34(15-5-1)35-24-30-43-44-31-29-40(33-48(44)51-47(43)32-35)50(38-18-8-3-9-19-38)39-27-25-37(26-28-39)49(36-16-6-2-7-17-36)45-22-12-10-20-41(45)42-21-11-13-23-46(42)49;1-9-13(8)15(12(6)7)14(10(2)3)11(4)5/h1-33H;. The van der Waals surface area contributed by atoms with Crippen LogP contribution in [0.25, 0.3) is 42.4 Å². The SMILES string of the molecule is [B][B]B([B])B(B([B])[B])B(B([B])[B])B([B])[B].c1ccc(-c2ccc3c(c2)sc2cc(N(c4ccccc4)c4ccc(C5(c6ccccc6)c6ccccc6-c6ccccc65)cc4)ccc23)cc1. The highest BCUT2D eigenvalue weighted by Crippen LogP contribution is 2.56. The first-order valence-electron chi connectivity index (χ1n) is 22.2. The summed E-state index contributed by atoms with van der Waals surface area (Å²) < 4.78 is 2.59. The summed E-state index contributed by atoms with van der Waals surface area (Å²) >= 11 is 1.87. The molecule has 66 heavy (non-hydrogen) atoms. The number of rotatable bonds is 12. The Morgan fingerprint density at radius 3 is 1.42 bits per heavy atom. The van der Waals surface area contributed by atoms with Crippen molar-refractivity contribution in [3.05, 3.63) is 222 Å². The Hall–Kier alpha value is -5.25. The summed E-state index contributed by atoms with van der Waals surface area (Å²) in [5.74, 6) is 0. The predicted octanol–water partition coefficient (Wildman–Crippen LogP) is 7.84. The molecule has 0 saturated carbocycles. The maximum Gasteiger partial charge on any atom is 0.0713 e. The third kappa shape index (κ3) is 8.62. The van der Waals surface area contributed by atoms with E-state index in [0.29, 0.717) is 0 Å². The fraction of sp³-hybridized carbons (Fsp3) is 0.0204. The minimum absolute atomic E-state index is 0.418.